The van der Waals surface area contributed by atoms with Gasteiger partial charge in [0.1, 0.15) is 0 Å². The van der Waals surface area contributed by atoms with E-state index < -0.39 is 26.2 Å². The normalized spacial score (nSPS) is 11.7. The van der Waals surface area contributed by atoms with Crippen LogP contribution in [0.1, 0.15) is 5.56 Å². The van der Waals surface area contributed by atoms with Crippen molar-refractivity contribution in [2.24, 2.45) is 4.90 Å². The molecule has 0 atom stereocenters. The van der Waals surface area contributed by atoms with Gasteiger partial charge in [0, 0.05) is 12.2 Å². The van der Waals surface area contributed by atoms with E-state index in [0.717, 1.165) is 0 Å². The van der Waals surface area contributed by atoms with Crippen LogP contribution in [0, 0.1) is 0 Å². The quantitative estimate of drug-likeness (QED) is 0.303. The summed E-state index contributed by atoms with van der Waals surface area (Å²) < 4.78 is 36.3. The second kappa shape index (κ2) is 8.60. The van der Waals surface area contributed by atoms with Gasteiger partial charge in [-0.05, 0) is 31.3 Å². The summed E-state index contributed by atoms with van der Waals surface area (Å²) in [5.74, 6) is -1.88. The Labute approximate surface area is 137 Å². The number of rotatable bonds is 5. The van der Waals surface area contributed by atoms with E-state index in [-0.39, 0.29) is 12.5 Å². The van der Waals surface area contributed by atoms with Gasteiger partial charge < -0.3 is 25.9 Å². The minimum absolute atomic E-state index is 0.123. The lowest BCUT2D eigenvalue weighted by atomic mass is 9.88. The van der Waals surface area contributed by atoms with E-state index in [1.807, 2.05) is 0 Å². The number of hydrogen-bond donors (Lipinski definition) is 5. The van der Waals surface area contributed by atoms with Gasteiger partial charge in [0.15, 0.2) is 5.96 Å². The number of anilines is 1. The molecular weight excluding hydrogens is 327 g/mol. The van der Waals surface area contributed by atoms with Crippen molar-refractivity contribution in [2.45, 2.75) is 26.4 Å². The number of carbonyl (C=O) groups is 1. The van der Waals surface area contributed by atoms with Crippen LogP contribution in [0.3, 0.4) is 0 Å². The number of hydrogen-bond acceptors (Lipinski definition) is 4. The third-order valence-electron chi connectivity index (χ3n) is 2.59. The van der Waals surface area contributed by atoms with Crippen LogP contribution in [0.15, 0.2) is 29.2 Å². The highest BCUT2D eigenvalue weighted by Crippen LogP contribution is 2.15. The zero-order chi connectivity index (χ0) is 18.3. The molecule has 0 aliphatic carbocycles. The number of nitrogens with zero attached hydrogens (tertiary/aromatic N) is 1. The maximum Gasteiger partial charge on any atom is 0.471 e. The predicted molar refractivity (Wildman–Crippen MR) is 86.2 cm³/mol. The Morgan fingerprint density at radius 2 is 1.79 bits per heavy atom. The summed E-state index contributed by atoms with van der Waals surface area (Å²) in [6, 6.07) is 6.13. The van der Waals surface area contributed by atoms with Gasteiger partial charge in [-0.3, -0.25) is 9.70 Å². The lowest BCUT2D eigenvalue weighted by Gasteiger charge is -2.14. The molecule has 12 heteroatoms. The first-order chi connectivity index (χ1) is 11.1. The highest BCUT2D eigenvalue weighted by Gasteiger charge is 2.38. The molecule has 0 aliphatic rings. The van der Waals surface area contributed by atoms with Crippen molar-refractivity contribution in [3.05, 3.63) is 29.8 Å². The molecular formula is C12H17B2F3N4O3. The fraction of sp³-hybridized carbons (Fsp3) is 0.333. The molecule has 0 radical (unpaired) electrons. The summed E-state index contributed by atoms with van der Waals surface area (Å²) in [4.78, 5) is 14.6. The second-order valence-electron chi connectivity index (χ2n) is 4.93. The van der Waals surface area contributed by atoms with Crippen LogP contribution >= 0.6 is 0 Å². The van der Waals surface area contributed by atoms with E-state index in [1.54, 1.807) is 17.4 Å². The van der Waals surface area contributed by atoms with Crippen LogP contribution in [-0.4, -0.2) is 42.2 Å². The molecule has 0 saturated heterocycles. The van der Waals surface area contributed by atoms with Crippen LogP contribution in [0.4, 0.5) is 18.9 Å². The lowest BCUT2D eigenvalue weighted by Crippen LogP contribution is -2.41. The molecule has 130 valence electrons. The van der Waals surface area contributed by atoms with Crippen molar-refractivity contribution >= 4 is 31.7 Å². The third kappa shape index (κ3) is 7.38. The maximum atomic E-state index is 12.1. The van der Waals surface area contributed by atoms with Crippen molar-refractivity contribution in [1.29, 1.82) is 0 Å². The first-order valence-corrected chi connectivity index (χ1v) is 6.99. The second-order valence-corrected chi connectivity index (χ2v) is 4.93. The van der Waals surface area contributed by atoms with Crippen molar-refractivity contribution in [1.82, 2.24) is 10.5 Å². The Balaban J connectivity index is 2.68. The molecule has 0 bridgehead atoms. The lowest BCUT2D eigenvalue weighted by molar-refractivity contribution is -0.173. The maximum absolute atomic E-state index is 12.1. The van der Waals surface area contributed by atoms with Gasteiger partial charge in [-0.2, -0.15) is 13.2 Å². The first-order valence-electron chi connectivity index (χ1n) is 6.99. The number of nitrogens with one attached hydrogen (secondary N) is 3. The minimum Gasteiger partial charge on any atom is -0.433 e. The molecule has 7 nitrogen and oxygen atoms in total. The van der Waals surface area contributed by atoms with Gasteiger partial charge in [0.2, 0.25) is 0 Å². The van der Waals surface area contributed by atoms with Gasteiger partial charge >= 0.3 is 26.2 Å². The molecule has 0 aromatic heterocycles. The van der Waals surface area contributed by atoms with Crippen LogP contribution in [-0.2, 0) is 11.3 Å². The average molecular weight is 344 g/mol. The summed E-state index contributed by atoms with van der Waals surface area (Å²) in [5, 5.41) is 25.7. The summed E-state index contributed by atoms with van der Waals surface area (Å²) in [6.07, 6.45) is -4.92. The van der Waals surface area contributed by atoms with E-state index >= 15 is 0 Å². The zero-order valence-electron chi connectivity index (χ0n) is 13.1. The molecule has 0 saturated carbocycles. The summed E-state index contributed by atoms with van der Waals surface area (Å²) in [7, 11) is -1.91. The SMILES string of the molecule is CB(O)/N=C(\NB(C)O)Nc1ccc(CNC(=O)C(F)(F)F)cc1. The molecule has 1 aromatic rings. The molecule has 0 unspecified atom stereocenters. The molecule has 1 rings (SSSR count). The Hall–Kier alpha value is -2.20. The van der Waals surface area contributed by atoms with Crippen LogP contribution in [0.2, 0.25) is 13.6 Å². The average Bonchev–Trinajstić information content (AvgIpc) is 2.43. The van der Waals surface area contributed by atoms with Gasteiger partial charge in [-0.25, -0.2) is 0 Å². The molecule has 1 amide bonds. The molecule has 0 spiro atoms. The monoisotopic (exact) mass is 344 g/mol. The fourth-order valence-corrected chi connectivity index (χ4v) is 1.62. The fourth-order valence-electron chi connectivity index (χ4n) is 1.62. The van der Waals surface area contributed by atoms with Crippen LogP contribution < -0.4 is 15.9 Å². The van der Waals surface area contributed by atoms with Crippen molar-refractivity contribution < 1.29 is 28.0 Å². The highest BCUT2D eigenvalue weighted by molar-refractivity contribution is 6.53. The van der Waals surface area contributed by atoms with E-state index in [9.17, 15) is 28.0 Å². The van der Waals surface area contributed by atoms with E-state index in [1.165, 1.54) is 25.8 Å². The molecule has 0 heterocycles. The van der Waals surface area contributed by atoms with Gasteiger partial charge in [-0.15, -0.1) is 0 Å². The van der Waals surface area contributed by atoms with Gasteiger partial charge in [0.25, 0.3) is 0 Å². The minimum atomic E-state index is -4.92. The Kier molecular flexibility index (Phi) is 7.11. The van der Waals surface area contributed by atoms with Crippen molar-refractivity contribution in [2.75, 3.05) is 5.32 Å². The van der Waals surface area contributed by atoms with Crippen molar-refractivity contribution in [3.63, 3.8) is 0 Å². The first kappa shape index (κ1) is 19.8. The largest absolute Gasteiger partial charge is 0.471 e. The van der Waals surface area contributed by atoms with Crippen molar-refractivity contribution in [3.8, 4) is 0 Å². The Morgan fingerprint density at radius 1 is 1.21 bits per heavy atom. The Morgan fingerprint density at radius 3 is 2.25 bits per heavy atom. The summed E-state index contributed by atoms with van der Waals surface area (Å²) in [6.45, 7) is 2.63. The summed E-state index contributed by atoms with van der Waals surface area (Å²) >= 11 is 0. The molecule has 5 N–H and O–H groups in total. The third-order valence-corrected chi connectivity index (χ3v) is 2.59. The molecule has 0 aliphatic heterocycles. The number of alkyl halides is 3. The van der Waals surface area contributed by atoms with Gasteiger partial charge in [-0.1, -0.05) is 12.1 Å². The molecule has 24 heavy (non-hydrogen) atoms. The van der Waals surface area contributed by atoms with Crippen LogP contribution in [0.5, 0.6) is 0 Å². The topological polar surface area (TPSA) is 106 Å². The highest BCUT2D eigenvalue weighted by atomic mass is 19.4. The van der Waals surface area contributed by atoms with Gasteiger partial charge in [0.05, 0.1) is 0 Å². The van der Waals surface area contributed by atoms with E-state index in [4.69, 9.17) is 0 Å². The van der Waals surface area contributed by atoms with Crippen LogP contribution in [0.25, 0.3) is 0 Å². The summed E-state index contributed by atoms with van der Waals surface area (Å²) in [5.41, 5.74) is 0.990. The number of guanidine groups is 1. The molecule has 0 fully saturated rings. The smallest absolute Gasteiger partial charge is 0.433 e. The number of carbonyl (C=O) groups excluding carboxylic acids is 1. The number of benzene rings is 1. The molecule has 1 aromatic carbocycles. The van der Waals surface area contributed by atoms with E-state index in [2.05, 4.69) is 15.4 Å². The Bertz CT molecular complexity index is 580. The predicted octanol–water partition coefficient (Wildman–Crippen LogP) is 0.443. The van der Waals surface area contributed by atoms with E-state index in [0.29, 0.717) is 11.3 Å². The number of halogens is 3. The zero-order valence-corrected chi connectivity index (χ0v) is 13.1. The number of amides is 1. The standard InChI is InChI=1S/C12H17B2F3N4O3/c1-13(23)20-11(21-14(2)24)19-9-5-3-8(4-6-9)7-18-10(22)12(15,16)17/h3-6,23-24H,7H2,1-2H3,(H,18,22)(H2,19,20,21).